The first kappa shape index (κ1) is 13.0. The highest BCUT2D eigenvalue weighted by atomic mass is 15.2. The number of amidine groups is 1. The van der Waals surface area contributed by atoms with E-state index in [-0.39, 0.29) is 5.84 Å². The van der Waals surface area contributed by atoms with Gasteiger partial charge in [0.25, 0.3) is 0 Å². The van der Waals surface area contributed by atoms with Crippen LogP contribution in [0.15, 0.2) is 36.5 Å². The molecule has 5 heteroatoms. The molecule has 0 saturated heterocycles. The molecule has 0 amide bonds. The second-order valence-electron chi connectivity index (χ2n) is 4.41. The van der Waals surface area contributed by atoms with Gasteiger partial charge in [0.15, 0.2) is 0 Å². The monoisotopic (exact) mass is 255 g/mol. The lowest BCUT2D eigenvalue weighted by Crippen LogP contribution is -2.24. The van der Waals surface area contributed by atoms with Crippen molar-refractivity contribution in [3.63, 3.8) is 0 Å². The lowest BCUT2D eigenvalue weighted by atomic mass is 10.2. The number of aryl methyl sites for hydroxylation is 1. The van der Waals surface area contributed by atoms with Crippen molar-refractivity contribution >= 4 is 11.7 Å². The van der Waals surface area contributed by atoms with E-state index in [1.54, 1.807) is 6.20 Å². The number of nitrogens with one attached hydrogen (secondary N) is 1. The number of nitrogen functional groups attached to an aromatic ring is 1. The topological polar surface area (TPSA) is 78.9 Å². The van der Waals surface area contributed by atoms with Crippen molar-refractivity contribution in [1.82, 2.24) is 9.97 Å². The van der Waals surface area contributed by atoms with Crippen LogP contribution in [0.4, 0.5) is 5.82 Å². The third-order valence-electron chi connectivity index (χ3n) is 2.79. The van der Waals surface area contributed by atoms with Crippen LogP contribution in [-0.4, -0.2) is 22.9 Å². The summed E-state index contributed by atoms with van der Waals surface area (Å²) in [6.07, 6.45) is 1.76. The van der Waals surface area contributed by atoms with Crippen LogP contribution < -0.4 is 10.6 Å². The van der Waals surface area contributed by atoms with Crippen molar-refractivity contribution in [3.05, 3.63) is 53.5 Å². The van der Waals surface area contributed by atoms with Gasteiger partial charge in [0.1, 0.15) is 11.7 Å². The first-order valence-electron chi connectivity index (χ1n) is 6.01. The van der Waals surface area contributed by atoms with Gasteiger partial charge in [-0.1, -0.05) is 6.07 Å². The van der Waals surface area contributed by atoms with E-state index >= 15 is 0 Å². The molecule has 98 valence electrons. The average Bonchev–Trinajstić information content (AvgIpc) is 2.39. The smallest absolute Gasteiger partial charge is 0.139 e. The summed E-state index contributed by atoms with van der Waals surface area (Å²) in [5.41, 5.74) is 8.08. The predicted octanol–water partition coefficient (Wildman–Crippen LogP) is 1.71. The SMILES string of the molecule is Cc1ccc(C(=N)N)c(N(C)Cc2ccccn2)n1. The van der Waals surface area contributed by atoms with E-state index in [1.165, 1.54) is 0 Å². The number of nitrogens with two attached hydrogens (primary N) is 1. The molecule has 0 aliphatic rings. The molecular formula is C14H17N5. The first-order chi connectivity index (χ1) is 9.08. The van der Waals surface area contributed by atoms with Crippen LogP contribution in [0.5, 0.6) is 0 Å². The molecule has 0 fully saturated rings. The van der Waals surface area contributed by atoms with Gasteiger partial charge in [-0.05, 0) is 31.2 Å². The van der Waals surface area contributed by atoms with Crippen LogP contribution in [-0.2, 0) is 6.54 Å². The Morgan fingerprint density at radius 3 is 2.74 bits per heavy atom. The van der Waals surface area contributed by atoms with Gasteiger partial charge in [0.2, 0.25) is 0 Å². The molecule has 0 aliphatic carbocycles. The van der Waals surface area contributed by atoms with Crippen LogP contribution in [0, 0.1) is 12.3 Å². The number of pyridine rings is 2. The molecular weight excluding hydrogens is 238 g/mol. The van der Waals surface area contributed by atoms with Crippen molar-refractivity contribution in [2.45, 2.75) is 13.5 Å². The van der Waals surface area contributed by atoms with Crippen LogP contribution >= 0.6 is 0 Å². The molecule has 0 atom stereocenters. The number of nitrogens with zero attached hydrogens (tertiary/aromatic N) is 3. The molecule has 0 unspecified atom stereocenters. The first-order valence-corrected chi connectivity index (χ1v) is 6.01. The van der Waals surface area contributed by atoms with Crippen LogP contribution in [0.2, 0.25) is 0 Å². The quantitative estimate of drug-likeness (QED) is 0.644. The highest BCUT2D eigenvalue weighted by Gasteiger charge is 2.12. The lowest BCUT2D eigenvalue weighted by molar-refractivity contribution is 0.860. The summed E-state index contributed by atoms with van der Waals surface area (Å²) < 4.78 is 0. The molecule has 0 radical (unpaired) electrons. The maximum atomic E-state index is 7.62. The molecule has 2 aromatic rings. The van der Waals surface area contributed by atoms with Gasteiger partial charge < -0.3 is 10.6 Å². The summed E-state index contributed by atoms with van der Waals surface area (Å²) >= 11 is 0. The maximum absolute atomic E-state index is 7.62. The van der Waals surface area contributed by atoms with E-state index in [0.29, 0.717) is 17.9 Å². The summed E-state index contributed by atoms with van der Waals surface area (Å²) in [5, 5.41) is 7.62. The molecule has 0 bridgehead atoms. The standard InChI is InChI=1S/C14H17N5/c1-10-6-7-12(13(15)16)14(18-10)19(2)9-11-5-3-4-8-17-11/h3-8H,9H2,1-2H3,(H3,15,16). The fourth-order valence-electron chi connectivity index (χ4n) is 1.85. The maximum Gasteiger partial charge on any atom is 0.139 e. The molecule has 2 heterocycles. The molecule has 0 spiro atoms. The summed E-state index contributed by atoms with van der Waals surface area (Å²) in [7, 11) is 1.92. The normalized spacial score (nSPS) is 10.2. The van der Waals surface area contributed by atoms with Crippen molar-refractivity contribution in [2.24, 2.45) is 5.73 Å². The zero-order chi connectivity index (χ0) is 13.8. The summed E-state index contributed by atoms with van der Waals surface area (Å²) in [6.45, 7) is 2.54. The molecule has 5 nitrogen and oxygen atoms in total. The Morgan fingerprint density at radius 2 is 2.11 bits per heavy atom. The van der Waals surface area contributed by atoms with Crippen molar-refractivity contribution < 1.29 is 0 Å². The Balaban J connectivity index is 2.30. The minimum atomic E-state index is 0.0235. The van der Waals surface area contributed by atoms with Gasteiger partial charge >= 0.3 is 0 Å². The van der Waals surface area contributed by atoms with Crippen LogP contribution in [0.25, 0.3) is 0 Å². The van der Waals surface area contributed by atoms with Gasteiger partial charge in [0, 0.05) is 18.9 Å². The van der Waals surface area contributed by atoms with E-state index in [0.717, 1.165) is 11.4 Å². The molecule has 2 aromatic heterocycles. The Morgan fingerprint density at radius 1 is 1.32 bits per heavy atom. The van der Waals surface area contributed by atoms with Crippen LogP contribution in [0.3, 0.4) is 0 Å². The highest BCUT2D eigenvalue weighted by molar-refractivity contribution is 5.99. The Kier molecular flexibility index (Phi) is 3.75. The number of rotatable bonds is 4. The number of aromatic nitrogens is 2. The van der Waals surface area contributed by atoms with Gasteiger partial charge in [-0.15, -0.1) is 0 Å². The fourth-order valence-corrected chi connectivity index (χ4v) is 1.85. The summed E-state index contributed by atoms with van der Waals surface area (Å²) in [6, 6.07) is 9.48. The summed E-state index contributed by atoms with van der Waals surface area (Å²) in [4.78, 5) is 10.7. The Hall–Kier alpha value is -2.43. The lowest BCUT2D eigenvalue weighted by Gasteiger charge is -2.20. The largest absolute Gasteiger partial charge is 0.384 e. The van der Waals surface area contributed by atoms with E-state index in [9.17, 15) is 0 Å². The third kappa shape index (κ3) is 3.07. The van der Waals surface area contributed by atoms with Crippen LogP contribution in [0.1, 0.15) is 17.0 Å². The average molecular weight is 255 g/mol. The summed E-state index contributed by atoms with van der Waals surface area (Å²) in [5.74, 6) is 0.730. The second kappa shape index (κ2) is 5.48. The molecule has 2 rings (SSSR count). The number of anilines is 1. The zero-order valence-electron chi connectivity index (χ0n) is 11.1. The van der Waals surface area contributed by atoms with E-state index in [2.05, 4.69) is 9.97 Å². The minimum Gasteiger partial charge on any atom is -0.384 e. The van der Waals surface area contributed by atoms with Crippen molar-refractivity contribution in [1.29, 1.82) is 5.41 Å². The van der Waals surface area contributed by atoms with Gasteiger partial charge in [-0.3, -0.25) is 10.4 Å². The number of hydrogen-bond acceptors (Lipinski definition) is 4. The van der Waals surface area contributed by atoms with Gasteiger partial charge in [0.05, 0.1) is 17.8 Å². The highest BCUT2D eigenvalue weighted by Crippen LogP contribution is 2.18. The molecule has 0 aromatic carbocycles. The molecule has 19 heavy (non-hydrogen) atoms. The fraction of sp³-hybridized carbons (Fsp3) is 0.214. The van der Waals surface area contributed by atoms with Crippen molar-refractivity contribution in [2.75, 3.05) is 11.9 Å². The molecule has 3 N–H and O–H groups in total. The third-order valence-corrected chi connectivity index (χ3v) is 2.79. The van der Waals surface area contributed by atoms with Gasteiger partial charge in [-0.25, -0.2) is 4.98 Å². The zero-order valence-corrected chi connectivity index (χ0v) is 11.1. The molecule has 0 saturated carbocycles. The van der Waals surface area contributed by atoms with Gasteiger partial charge in [-0.2, -0.15) is 0 Å². The number of hydrogen-bond donors (Lipinski definition) is 2. The second-order valence-corrected chi connectivity index (χ2v) is 4.41. The Bertz CT molecular complexity index is 580. The van der Waals surface area contributed by atoms with E-state index in [4.69, 9.17) is 11.1 Å². The minimum absolute atomic E-state index is 0.0235. The predicted molar refractivity (Wildman–Crippen MR) is 76.3 cm³/mol. The van der Waals surface area contributed by atoms with E-state index in [1.807, 2.05) is 49.2 Å². The molecule has 0 aliphatic heterocycles. The Labute approximate surface area is 112 Å². The van der Waals surface area contributed by atoms with Crippen molar-refractivity contribution in [3.8, 4) is 0 Å². The van der Waals surface area contributed by atoms with E-state index < -0.39 is 0 Å².